The summed E-state index contributed by atoms with van der Waals surface area (Å²) in [5.41, 5.74) is 2.46. The van der Waals surface area contributed by atoms with Gasteiger partial charge in [0.25, 0.3) is 5.91 Å². The molecule has 0 saturated carbocycles. The molecule has 2 amide bonds. The van der Waals surface area contributed by atoms with Crippen LogP contribution in [0.3, 0.4) is 0 Å². The molecule has 0 aliphatic carbocycles. The number of benzene rings is 1. The number of rotatable bonds is 5. The molecule has 0 spiro atoms. The Kier molecular flexibility index (Phi) is 6.07. The van der Waals surface area contributed by atoms with Gasteiger partial charge in [0.15, 0.2) is 0 Å². The summed E-state index contributed by atoms with van der Waals surface area (Å²) in [5, 5.41) is 8.19. The zero-order chi connectivity index (χ0) is 19.6. The number of fused-ring (bicyclic) bond motifs is 1. The smallest absolute Gasteiger partial charge is 0.257 e. The van der Waals surface area contributed by atoms with Crippen LogP contribution in [0.4, 0.5) is 0 Å². The number of nitrogens with one attached hydrogen (secondary N) is 1. The van der Waals surface area contributed by atoms with Gasteiger partial charge in [-0.25, -0.2) is 0 Å². The molecule has 27 heavy (non-hydrogen) atoms. The first-order chi connectivity index (χ1) is 12.8. The Bertz CT molecular complexity index is 865. The number of aromatic nitrogens is 2. The number of nitrogens with zero attached hydrogens (tertiary/aromatic N) is 3. The van der Waals surface area contributed by atoms with Gasteiger partial charge in [-0.15, -0.1) is 0 Å². The lowest BCUT2D eigenvalue weighted by atomic mass is 9.94. The number of hydrogen-bond donors (Lipinski definition) is 1. The normalized spacial score (nSPS) is 15.9. The van der Waals surface area contributed by atoms with E-state index in [1.165, 1.54) is 6.92 Å². The lowest BCUT2D eigenvalue weighted by molar-refractivity contribution is -0.119. The zero-order valence-electron chi connectivity index (χ0n) is 15.3. The Morgan fingerprint density at radius 3 is 2.81 bits per heavy atom. The van der Waals surface area contributed by atoms with Crippen molar-refractivity contribution >= 4 is 35.0 Å². The van der Waals surface area contributed by atoms with Crippen LogP contribution in [0.15, 0.2) is 24.4 Å². The highest BCUT2D eigenvalue weighted by atomic mass is 35.5. The molecule has 3 rings (SSSR count). The van der Waals surface area contributed by atoms with E-state index in [1.54, 1.807) is 30.3 Å². The van der Waals surface area contributed by atoms with Gasteiger partial charge < -0.3 is 10.2 Å². The lowest BCUT2D eigenvalue weighted by Crippen LogP contribution is -2.33. The van der Waals surface area contributed by atoms with Crippen LogP contribution in [0.5, 0.6) is 0 Å². The van der Waals surface area contributed by atoms with Crippen molar-refractivity contribution in [2.75, 3.05) is 13.6 Å². The van der Waals surface area contributed by atoms with Crippen molar-refractivity contribution in [3.05, 3.63) is 51.3 Å². The highest BCUT2D eigenvalue weighted by Crippen LogP contribution is 2.25. The maximum Gasteiger partial charge on any atom is 0.257 e. The minimum atomic E-state index is -0.0810. The first-order valence-electron chi connectivity index (χ1n) is 8.83. The van der Waals surface area contributed by atoms with Crippen LogP contribution in [0.2, 0.25) is 10.0 Å². The van der Waals surface area contributed by atoms with Crippen molar-refractivity contribution in [2.45, 2.75) is 32.9 Å². The fourth-order valence-corrected chi connectivity index (χ4v) is 3.65. The van der Waals surface area contributed by atoms with Crippen LogP contribution < -0.4 is 5.32 Å². The molecule has 6 nitrogen and oxygen atoms in total. The molecule has 1 aromatic heterocycles. The number of carbonyl (C=O) groups is 2. The Morgan fingerprint density at radius 1 is 1.33 bits per heavy atom. The Morgan fingerprint density at radius 2 is 2.11 bits per heavy atom. The van der Waals surface area contributed by atoms with E-state index in [-0.39, 0.29) is 11.8 Å². The van der Waals surface area contributed by atoms with Crippen molar-refractivity contribution < 1.29 is 9.59 Å². The van der Waals surface area contributed by atoms with Crippen molar-refractivity contribution in [1.82, 2.24) is 20.0 Å². The number of aryl methyl sites for hydroxylation is 1. The van der Waals surface area contributed by atoms with Gasteiger partial charge in [-0.05, 0) is 36.5 Å². The molecule has 1 aliphatic rings. The van der Waals surface area contributed by atoms with Crippen LogP contribution in [0, 0.1) is 5.92 Å². The van der Waals surface area contributed by atoms with E-state index in [0.29, 0.717) is 34.6 Å². The summed E-state index contributed by atoms with van der Waals surface area (Å²) >= 11 is 12.0. The molecule has 0 bridgehead atoms. The third-order valence-electron chi connectivity index (χ3n) is 4.80. The molecule has 1 N–H and O–H groups in total. The fourth-order valence-electron chi connectivity index (χ4n) is 3.33. The first-order valence-corrected chi connectivity index (χ1v) is 9.59. The maximum atomic E-state index is 13.0. The summed E-state index contributed by atoms with van der Waals surface area (Å²) in [6.07, 6.45) is 3.30. The molecule has 0 radical (unpaired) electrons. The van der Waals surface area contributed by atoms with Crippen LogP contribution >= 0.6 is 23.2 Å². The van der Waals surface area contributed by atoms with E-state index < -0.39 is 0 Å². The summed E-state index contributed by atoms with van der Waals surface area (Å²) in [7, 11) is 1.76. The van der Waals surface area contributed by atoms with Crippen LogP contribution in [0.25, 0.3) is 0 Å². The summed E-state index contributed by atoms with van der Waals surface area (Å²) in [4.78, 5) is 25.8. The molecule has 1 unspecified atom stereocenters. The quantitative estimate of drug-likeness (QED) is 0.825. The van der Waals surface area contributed by atoms with E-state index in [2.05, 4.69) is 10.4 Å². The highest BCUT2D eigenvalue weighted by Gasteiger charge is 2.26. The molecule has 0 saturated heterocycles. The molecule has 1 aromatic carbocycles. The van der Waals surface area contributed by atoms with Crippen molar-refractivity contribution in [3.63, 3.8) is 0 Å². The summed E-state index contributed by atoms with van der Waals surface area (Å²) in [6, 6.07) is 5.35. The number of hydrogen-bond acceptors (Lipinski definition) is 3. The van der Waals surface area contributed by atoms with Crippen molar-refractivity contribution in [3.8, 4) is 0 Å². The molecular weight excluding hydrogens is 387 g/mol. The third-order valence-corrected chi connectivity index (χ3v) is 5.54. The number of halogens is 2. The minimum absolute atomic E-state index is 0.0354. The summed E-state index contributed by atoms with van der Waals surface area (Å²) < 4.78 is 1.89. The molecule has 8 heteroatoms. The Balaban J connectivity index is 1.71. The van der Waals surface area contributed by atoms with Gasteiger partial charge in [0.05, 0.1) is 27.5 Å². The second-order valence-corrected chi connectivity index (χ2v) is 7.75. The van der Waals surface area contributed by atoms with Gasteiger partial charge >= 0.3 is 0 Å². The Labute approximate surface area is 168 Å². The molecule has 0 fully saturated rings. The van der Waals surface area contributed by atoms with E-state index in [4.69, 9.17) is 23.2 Å². The third kappa shape index (κ3) is 4.62. The van der Waals surface area contributed by atoms with Gasteiger partial charge in [-0.2, -0.15) is 5.10 Å². The zero-order valence-corrected chi connectivity index (χ0v) is 16.8. The monoisotopic (exact) mass is 408 g/mol. The van der Waals surface area contributed by atoms with Crippen LogP contribution in [-0.4, -0.2) is 40.1 Å². The average molecular weight is 409 g/mol. The minimum Gasteiger partial charge on any atom is -0.356 e. The van der Waals surface area contributed by atoms with Gasteiger partial charge in [-0.3, -0.25) is 14.3 Å². The van der Waals surface area contributed by atoms with Gasteiger partial charge in [0, 0.05) is 33.6 Å². The Hall–Kier alpha value is -2.05. The van der Waals surface area contributed by atoms with E-state index in [9.17, 15) is 9.59 Å². The summed E-state index contributed by atoms with van der Waals surface area (Å²) in [6.45, 7) is 3.31. The average Bonchev–Trinajstić information content (AvgIpc) is 3.05. The molecule has 144 valence electrons. The molecule has 1 atom stereocenters. The second-order valence-electron chi connectivity index (χ2n) is 6.93. The molecule has 1 aliphatic heterocycles. The predicted molar refractivity (Wildman–Crippen MR) is 105 cm³/mol. The largest absolute Gasteiger partial charge is 0.356 e. The lowest BCUT2D eigenvalue weighted by Gasteiger charge is -2.25. The molecule has 2 heterocycles. The SMILES string of the molecule is CC(=O)NCC1CCn2ncc(C(=O)N(C)Cc3ccc(Cl)c(Cl)c3)c2C1. The summed E-state index contributed by atoms with van der Waals surface area (Å²) in [5.74, 6) is 0.194. The molecule has 2 aromatic rings. The fraction of sp³-hybridized carbons (Fsp3) is 0.421. The maximum absolute atomic E-state index is 13.0. The van der Waals surface area contributed by atoms with Gasteiger partial charge in [-0.1, -0.05) is 29.3 Å². The van der Waals surface area contributed by atoms with Gasteiger partial charge in [0.2, 0.25) is 5.91 Å². The van der Waals surface area contributed by atoms with E-state index in [1.807, 2.05) is 10.7 Å². The number of carbonyl (C=O) groups excluding carboxylic acids is 2. The number of amides is 2. The van der Waals surface area contributed by atoms with Crippen LogP contribution in [0.1, 0.15) is 35.0 Å². The predicted octanol–water partition coefficient (Wildman–Crippen LogP) is 3.16. The van der Waals surface area contributed by atoms with Crippen molar-refractivity contribution in [1.29, 1.82) is 0 Å². The standard InChI is InChI=1S/C19H22Cl2N4O2/c1-12(26)22-9-13-5-6-25-18(8-13)15(10-23-25)19(27)24(2)11-14-3-4-16(20)17(21)7-14/h3-4,7,10,13H,5-6,8-9,11H2,1-2H3,(H,22,26). The van der Waals surface area contributed by atoms with Crippen molar-refractivity contribution in [2.24, 2.45) is 5.92 Å². The van der Waals surface area contributed by atoms with Gasteiger partial charge in [0.1, 0.15) is 0 Å². The topological polar surface area (TPSA) is 67.2 Å². The highest BCUT2D eigenvalue weighted by molar-refractivity contribution is 6.42. The second kappa shape index (κ2) is 8.31. The van der Waals surface area contributed by atoms with E-state index in [0.717, 1.165) is 30.6 Å². The molecular formula is C19H22Cl2N4O2. The van der Waals surface area contributed by atoms with Crippen LogP contribution in [-0.2, 0) is 24.3 Å². The van der Waals surface area contributed by atoms with E-state index >= 15 is 0 Å². The first kappa shape index (κ1) is 19.7.